The number of nitrogens with zero attached hydrogens (tertiary/aromatic N) is 1. The number of aromatic nitrogens is 1. The number of rotatable bonds is 9. The Morgan fingerprint density at radius 3 is 2.27 bits per heavy atom. The molecule has 2 amide bonds. The van der Waals surface area contributed by atoms with Gasteiger partial charge in [0.05, 0.1) is 18.2 Å². The number of hydrogen-bond donors (Lipinski definition) is 2. The van der Waals surface area contributed by atoms with Crippen LogP contribution in [0.4, 0.5) is 0 Å². The quantitative estimate of drug-likeness (QED) is 0.678. The van der Waals surface area contributed by atoms with Crippen LogP contribution in [-0.4, -0.2) is 30.5 Å². The summed E-state index contributed by atoms with van der Waals surface area (Å²) in [5.74, 6) is 0.286. The van der Waals surface area contributed by atoms with E-state index in [2.05, 4.69) is 22.5 Å². The molecular weight excluding hydrogens is 330 g/mol. The van der Waals surface area contributed by atoms with Crippen LogP contribution in [0.1, 0.15) is 52.5 Å². The van der Waals surface area contributed by atoms with Crippen molar-refractivity contribution in [1.29, 1.82) is 0 Å². The molecule has 0 aliphatic carbocycles. The summed E-state index contributed by atoms with van der Waals surface area (Å²) in [5, 5.41) is 5.67. The number of nitrogens with one attached hydrogen (secondary N) is 2. The van der Waals surface area contributed by atoms with Gasteiger partial charge in [-0.2, -0.15) is 0 Å². The molecule has 2 rings (SSSR count). The third-order valence-electron chi connectivity index (χ3n) is 3.94. The minimum atomic E-state index is -0.269. The Morgan fingerprint density at radius 1 is 1.00 bits per heavy atom. The number of pyridine rings is 1. The van der Waals surface area contributed by atoms with Crippen LogP contribution in [0.15, 0.2) is 42.7 Å². The molecule has 0 atom stereocenters. The van der Waals surface area contributed by atoms with Gasteiger partial charge >= 0.3 is 0 Å². The van der Waals surface area contributed by atoms with Crippen molar-refractivity contribution < 1.29 is 14.3 Å². The zero-order valence-electron chi connectivity index (χ0n) is 15.2. The Kier molecular flexibility index (Phi) is 7.61. The van der Waals surface area contributed by atoms with Gasteiger partial charge in [0, 0.05) is 25.5 Å². The number of unbranched alkanes of at least 4 members (excludes halogenated alkanes) is 2. The van der Waals surface area contributed by atoms with E-state index in [0.717, 1.165) is 30.6 Å². The molecule has 0 bridgehead atoms. The van der Waals surface area contributed by atoms with Gasteiger partial charge in [0.1, 0.15) is 5.75 Å². The smallest absolute Gasteiger partial charge is 0.253 e. The largest absolute Gasteiger partial charge is 0.497 e. The summed E-state index contributed by atoms with van der Waals surface area (Å²) in [6.07, 6.45) is 6.04. The lowest BCUT2D eigenvalue weighted by Gasteiger charge is -2.08. The average molecular weight is 355 g/mol. The maximum atomic E-state index is 12.3. The first-order chi connectivity index (χ1) is 12.6. The van der Waals surface area contributed by atoms with E-state index in [1.165, 1.54) is 12.4 Å². The number of hydrogen-bond acceptors (Lipinski definition) is 4. The van der Waals surface area contributed by atoms with E-state index < -0.39 is 0 Å². The highest BCUT2D eigenvalue weighted by Gasteiger charge is 2.11. The normalized spacial score (nSPS) is 10.2. The van der Waals surface area contributed by atoms with Crippen molar-refractivity contribution in [2.75, 3.05) is 13.7 Å². The summed E-state index contributed by atoms with van der Waals surface area (Å²) in [6, 6.07) is 9.01. The Balaban J connectivity index is 1.91. The molecule has 1 aromatic heterocycles. The van der Waals surface area contributed by atoms with E-state index in [9.17, 15) is 9.59 Å². The molecule has 6 nitrogen and oxygen atoms in total. The zero-order chi connectivity index (χ0) is 18.8. The number of benzene rings is 1. The standard InChI is InChI=1S/C20H25N3O3/c1-3-4-5-10-22-19(24)16-11-17(14-21-13-16)20(25)23-12-15-6-8-18(26-2)9-7-15/h6-9,11,13-14H,3-5,10,12H2,1-2H3,(H,22,24)(H,23,25). The Bertz CT molecular complexity index is 729. The number of carbonyl (C=O) groups excluding carboxylic acids is 2. The predicted octanol–water partition coefficient (Wildman–Crippen LogP) is 2.94. The van der Waals surface area contributed by atoms with E-state index in [1.54, 1.807) is 13.2 Å². The van der Waals surface area contributed by atoms with Crippen LogP contribution >= 0.6 is 0 Å². The second-order valence-electron chi connectivity index (χ2n) is 5.96. The SMILES string of the molecule is CCCCCNC(=O)c1cncc(C(=O)NCc2ccc(OC)cc2)c1. The lowest BCUT2D eigenvalue weighted by molar-refractivity contribution is 0.0950. The van der Waals surface area contributed by atoms with Crippen LogP contribution in [-0.2, 0) is 6.54 Å². The molecule has 138 valence electrons. The highest BCUT2D eigenvalue weighted by Crippen LogP contribution is 2.11. The van der Waals surface area contributed by atoms with Gasteiger partial charge in [0.25, 0.3) is 11.8 Å². The molecule has 1 heterocycles. The molecule has 0 unspecified atom stereocenters. The molecule has 2 N–H and O–H groups in total. The fraction of sp³-hybridized carbons (Fsp3) is 0.350. The van der Waals surface area contributed by atoms with Crippen molar-refractivity contribution in [2.24, 2.45) is 0 Å². The average Bonchev–Trinajstić information content (AvgIpc) is 2.69. The zero-order valence-corrected chi connectivity index (χ0v) is 15.2. The van der Waals surface area contributed by atoms with E-state index in [4.69, 9.17) is 4.74 Å². The highest BCUT2D eigenvalue weighted by atomic mass is 16.5. The fourth-order valence-electron chi connectivity index (χ4n) is 2.40. The lowest BCUT2D eigenvalue weighted by atomic mass is 10.1. The van der Waals surface area contributed by atoms with E-state index in [0.29, 0.717) is 24.2 Å². The first-order valence-electron chi connectivity index (χ1n) is 8.78. The van der Waals surface area contributed by atoms with Crippen molar-refractivity contribution in [3.8, 4) is 5.75 Å². The van der Waals surface area contributed by atoms with Crippen LogP contribution in [0.3, 0.4) is 0 Å². The molecule has 2 aromatic rings. The first kappa shape index (κ1) is 19.4. The lowest BCUT2D eigenvalue weighted by Crippen LogP contribution is -2.26. The number of carbonyl (C=O) groups is 2. The number of methoxy groups -OCH3 is 1. The second-order valence-corrected chi connectivity index (χ2v) is 5.96. The Hall–Kier alpha value is -2.89. The van der Waals surface area contributed by atoms with Gasteiger partial charge in [0.2, 0.25) is 0 Å². The summed E-state index contributed by atoms with van der Waals surface area (Å²) in [4.78, 5) is 28.4. The van der Waals surface area contributed by atoms with Gasteiger partial charge in [-0.15, -0.1) is 0 Å². The maximum absolute atomic E-state index is 12.3. The van der Waals surface area contributed by atoms with Gasteiger partial charge in [-0.25, -0.2) is 0 Å². The number of amides is 2. The third kappa shape index (κ3) is 5.88. The molecular formula is C20H25N3O3. The summed E-state index contributed by atoms with van der Waals surface area (Å²) in [5.41, 5.74) is 1.70. The van der Waals surface area contributed by atoms with Crippen molar-refractivity contribution >= 4 is 11.8 Å². The summed E-state index contributed by atoms with van der Waals surface area (Å²) in [7, 11) is 1.61. The summed E-state index contributed by atoms with van der Waals surface area (Å²) in [6.45, 7) is 3.12. The van der Waals surface area contributed by atoms with E-state index >= 15 is 0 Å². The molecule has 0 fully saturated rings. The van der Waals surface area contributed by atoms with Gasteiger partial charge < -0.3 is 15.4 Å². The molecule has 6 heteroatoms. The minimum absolute atomic E-state index is 0.210. The van der Waals surface area contributed by atoms with Gasteiger partial charge in [-0.1, -0.05) is 31.9 Å². The van der Waals surface area contributed by atoms with Crippen LogP contribution in [0.5, 0.6) is 5.75 Å². The summed E-state index contributed by atoms with van der Waals surface area (Å²) >= 11 is 0. The molecule has 0 saturated heterocycles. The van der Waals surface area contributed by atoms with Crippen molar-refractivity contribution in [3.63, 3.8) is 0 Å². The Labute approximate surface area is 154 Å². The summed E-state index contributed by atoms with van der Waals surface area (Å²) < 4.78 is 5.11. The van der Waals surface area contributed by atoms with Gasteiger partial charge in [-0.3, -0.25) is 14.6 Å². The predicted molar refractivity (Wildman–Crippen MR) is 100 cm³/mol. The number of ether oxygens (including phenoxy) is 1. The molecule has 0 aliphatic heterocycles. The molecule has 0 saturated carbocycles. The molecule has 1 aromatic carbocycles. The molecule has 0 spiro atoms. The maximum Gasteiger partial charge on any atom is 0.253 e. The monoisotopic (exact) mass is 355 g/mol. The van der Waals surface area contributed by atoms with Crippen LogP contribution in [0, 0.1) is 0 Å². The van der Waals surface area contributed by atoms with E-state index in [1.807, 2.05) is 24.3 Å². The molecule has 0 radical (unpaired) electrons. The third-order valence-corrected chi connectivity index (χ3v) is 3.94. The highest BCUT2D eigenvalue weighted by molar-refractivity contribution is 5.99. The fourth-order valence-corrected chi connectivity index (χ4v) is 2.40. The Morgan fingerprint density at radius 2 is 1.65 bits per heavy atom. The minimum Gasteiger partial charge on any atom is -0.497 e. The van der Waals surface area contributed by atoms with E-state index in [-0.39, 0.29) is 11.8 Å². The second kappa shape index (κ2) is 10.2. The first-order valence-corrected chi connectivity index (χ1v) is 8.78. The van der Waals surface area contributed by atoms with Crippen LogP contribution in [0.25, 0.3) is 0 Å². The van der Waals surface area contributed by atoms with Gasteiger partial charge in [-0.05, 0) is 30.2 Å². The van der Waals surface area contributed by atoms with Crippen LogP contribution < -0.4 is 15.4 Å². The van der Waals surface area contributed by atoms with Crippen molar-refractivity contribution in [1.82, 2.24) is 15.6 Å². The van der Waals surface area contributed by atoms with Gasteiger partial charge in [0.15, 0.2) is 0 Å². The molecule has 26 heavy (non-hydrogen) atoms. The molecule has 0 aliphatic rings. The van der Waals surface area contributed by atoms with Crippen molar-refractivity contribution in [2.45, 2.75) is 32.7 Å². The topological polar surface area (TPSA) is 80.3 Å². The van der Waals surface area contributed by atoms with Crippen molar-refractivity contribution in [3.05, 3.63) is 59.4 Å². The van der Waals surface area contributed by atoms with Crippen LogP contribution in [0.2, 0.25) is 0 Å².